The number of fused-ring (bicyclic) bond motifs is 1. The highest BCUT2D eigenvalue weighted by atomic mass is 19.4. The van der Waals surface area contributed by atoms with Gasteiger partial charge in [-0.15, -0.1) is 0 Å². The molecule has 136 valence electrons. The van der Waals surface area contributed by atoms with E-state index in [1.807, 2.05) is 4.68 Å². The quantitative estimate of drug-likeness (QED) is 0.893. The maximum absolute atomic E-state index is 12.5. The summed E-state index contributed by atoms with van der Waals surface area (Å²) >= 11 is 0. The first-order valence-electron chi connectivity index (χ1n) is 8.51. The van der Waals surface area contributed by atoms with E-state index < -0.39 is 11.7 Å². The van der Waals surface area contributed by atoms with Gasteiger partial charge in [0, 0.05) is 25.8 Å². The number of aryl methyl sites for hydroxylation is 1. The fourth-order valence-electron chi connectivity index (χ4n) is 3.03. The van der Waals surface area contributed by atoms with E-state index in [2.05, 4.69) is 33.3 Å². The molecule has 3 heterocycles. The highest BCUT2D eigenvalue weighted by Gasteiger charge is 2.30. The Kier molecular flexibility index (Phi) is 5.27. The van der Waals surface area contributed by atoms with Crippen molar-refractivity contribution in [1.82, 2.24) is 19.7 Å². The van der Waals surface area contributed by atoms with Crippen molar-refractivity contribution in [2.45, 2.75) is 45.6 Å². The molecule has 0 saturated heterocycles. The van der Waals surface area contributed by atoms with E-state index in [0.717, 1.165) is 57.0 Å². The minimum atomic E-state index is -4.36. The molecule has 0 atom stereocenters. The largest absolute Gasteiger partial charge is 0.417 e. The van der Waals surface area contributed by atoms with Crippen LogP contribution in [0.4, 0.5) is 19.0 Å². The van der Waals surface area contributed by atoms with Crippen molar-refractivity contribution < 1.29 is 13.2 Å². The lowest BCUT2D eigenvalue weighted by Crippen LogP contribution is -2.23. The zero-order valence-electron chi connectivity index (χ0n) is 14.2. The molecule has 0 aromatic carbocycles. The molecule has 25 heavy (non-hydrogen) atoms. The van der Waals surface area contributed by atoms with E-state index in [4.69, 9.17) is 0 Å². The van der Waals surface area contributed by atoms with E-state index in [-0.39, 0.29) is 0 Å². The van der Waals surface area contributed by atoms with Crippen molar-refractivity contribution in [3.63, 3.8) is 0 Å². The minimum absolute atomic E-state index is 0.406. The third kappa shape index (κ3) is 4.50. The second-order valence-corrected chi connectivity index (χ2v) is 6.26. The maximum atomic E-state index is 12.5. The lowest BCUT2D eigenvalue weighted by atomic mass is 10.2. The third-order valence-corrected chi connectivity index (χ3v) is 4.23. The Bertz CT molecular complexity index is 693. The van der Waals surface area contributed by atoms with Crippen LogP contribution in [0.3, 0.4) is 0 Å². The Balaban J connectivity index is 1.62. The van der Waals surface area contributed by atoms with Crippen molar-refractivity contribution in [2.75, 3.05) is 18.4 Å². The van der Waals surface area contributed by atoms with Gasteiger partial charge in [0.2, 0.25) is 0 Å². The van der Waals surface area contributed by atoms with Gasteiger partial charge in [-0.3, -0.25) is 9.58 Å². The Morgan fingerprint density at radius 2 is 2.08 bits per heavy atom. The molecular formula is C17H22F3N5. The van der Waals surface area contributed by atoms with Crippen LogP contribution in [0, 0.1) is 0 Å². The smallest absolute Gasteiger partial charge is 0.364 e. The Labute approximate surface area is 144 Å². The molecule has 0 unspecified atom stereocenters. The zero-order chi connectivity index (χ0) is 17.9. The van der Waals surface area contributed by atoms with Gasteiger partial charge >= 0.3 is 6.18 Å². The van der Waals surface area contributed by atoms with Gasteiger partial charge in [0.05, 0.1) is 23.5 Å². The Hall–Kier alpha value is -2.09. The molecule has 8 heteroatoms. The van der Waals surface area contributed by atoms with Gasteiger partial charge in [-0.25, -0.2) is 4.98 Å². The second kappa shape index (κ2) is 7.43. The fraction of sp³-hybridized carbons (Fsp3) is 0.529. The molecule has 2 aromatic heterocycles. The van der Waals surface area contributed by atoms with E-state index in [1.54, 1.807) is 0 Å². The van der Waals surface area contributed by atoms with Crippen LogP contribution in [0.2, 0.25) is 0 Å². The second-order valence-electron chi connectivity index (χ2n) is 6.26. The van der Waals surface area contributed by atoms with Crippen LogP contribution in [-0.4, -0.2) is 32.8 Å². The van der Waals surface area contributed by atoms with Crippen LogP contribution in [0.5, 0.6) is 0 Å². The number of anilines is 1. The highest BCUT2D eigenvalue weighted by molar-refractivity contribution is 5.36. The van der Waals surface area contributed by atoms with Crippen LogP contribution in [0.15, 0.2) is 24.4 Å². The van der Waals surface area contributed by atoms with Crippen molar-refractivity contribution >= 4 is 5.82 Å². The topological polar surface area (TPSA) is 46.0 Å². The van der Waals surface area contributed by atoms with Gasteiger partial charge in [0.25, 0.3) is 0 Å². The first-order chi connectivity index (χ1) is 12.0. The minimum Gasteiger partial charge on any atom is -0.364 e. The van der Waals surface area contributed by atoms with Crippen LogP contribution < -0.4 is 5.32 Å². The third-order valence-electron chi connectivity index (χ3n) is 4.23. The summed E-state index contributed by atoms with van der Waals surface area (Å²) < 4.78 is 39.7. The number of halogens is 3. The van der Waals surface area contributed by atoms with E-state index in [0.29, 0.717) is 12.4 Å². The van der Waals surface area contributed by atoms with Crippen molar-refractivity contribution in [2.24, 2.45) is 0 Å². The van der Waals surface area contributed by atoms with Crippen LogP contribution in [0.1, 0.15) is 36.7 Å². The number of rotatable bonds is 5. The first kappa shape index (κ1) is 17.7. The summed E-state index contributed by atoms with van der Waals surface area (Å²) in [6.45, 7) is 6.56. The number of nitrogens with zero attached hydrogens (tertiary/aromatic N) is 4. The number of aromatic nitrogens is 3. The fourth-order valence-corrected chi connectivity index (χ4v) is 3.03. The van der Waals surface area contributed by atoms with Crippen LogP contribution in [-0.2, 0) is 25.8 Å². The normalized spacial score (nSPS) is 15.7. The Morgan fingerprint density at radius 3 is 2.76 bits per heavy atom. The molecule has 1 aliphatic heterocycles. The summed E-state index contributed by atoms with van der Waals surface area (Å²) in [7, 11) is 0. The predicted octanol–water partition coefficient (Wildman–Crippen LogP) is 3.52. The van der Waals surface area contributed by atoms with E-state index in [1.165, 1.54) is 11.8 Å². The van der Waals surface area contributed by atoms with Gasteiger partial charge in [-0.05, 0) is 37.6 Å². The molecule has 3 rings (SSSR count). The first-order valence-corrected chi connectivity index (χ1v) is 8.51. The molecule has 0 aliphatic carbocycles. The van der Waals surface area contributed by atoms with Gasteiger partial charge in [-0.2, -0.15) is 18.3 Å². The average Bonchev–Trinajstić information content (AvgIpc) is 2.85. The molecule has 5 nitrogen and oxygen atoms in total. The molecule has 0 radical (unpaired) electrons. The van der Waals surface area contributed by atoms with E-state index in [9.17, 15) is 13.2 Å². The molecule has 0 spiro atoms. The molecule has 1 N–H and O–H groups in total. The van der Waals surface area contributed by atoms with Gasteiger partial charge in [0.1, 0.15) is 5.82 Å². The average molecular weight is 353 g/mol. The van der Waals surface area contributed by atoms with Gasteiger partial charge in [0.15, 0.2) is 0 Å². The monoisotopic (exact) mass is 353 g/mol. The van der Waals surface area contributed by atoms with Crippen molar-refractivity contribution in [3.8, 4) is 0 Å². The summed E-state index contributed by atoms with van der Waals surface area (Å²) in [5.41, 5.74) is 1.31. The molecule has 0 amide bonds. The number of nitrogens with one attached hydrogen (secondary N) is 1. The molecule has 2 aromatic rings. The molecule has 1 aliphatic rings. The summed E-state index contributed by atoms with van der Waals surface area (Å²) in [5, 5.41) is 7.63. The highest BCUT2D eigenvalue weighted by Crippen LogP contribution is 2.28. The number of pyridine rings is 1. The molecule has 0 fully saturated rings. The lowest BCUT2D eigenvalue weighted by molar-refractivity contribution is -0.137. The lowest BCUT2D eigenvalue weighted by Gasteiger charge is -2.17. The number of hydrogen-bond donors (Lipinski definition) is 1. The predicted molar refractivity (Wildman–Crippen MR) is 89.0 cm³/mol. The standard InChI is InChI=1S/C17H22F3N5/c1-2-6-24-7-3-8-25-15(12-24)9-14(23-25)11-22-16-5-4-13(10-21-16)17(18,19)20/h4-5,9-10H,2-3,6-8,11-12H2,1H3,(H,21,22). The van der Waals surface area contributed by atoms with Gasteiger partial charge < -0.3 is 5.32 Å². The van der Waals surface area contributed by atoms with Gasteiger partial charge in [-0.1, -0.05) is 6.92 Å². The Morgan fingerprint density at radius 1 is 1.24 bits per heavy atom. The summed E-state index contributed by atoms with van der Waals surface area (Å²) in [4.78, 5) is 6.25. The summed E-state index contributed by atoms with van der Waals surface area (Å²) in [6.07, 6.45) is -1.32. The SMILES string of the molecule is CCCN1CCCn2nc(CNc3ccc(C(F)(F)F)cn3)cc2C1. The van der Waals surface area contributed by atoms with E-state index >= 15 is 0 Å². The zero-order valence-corrected chi connectivity index (χ0v) is 14.2. The van der Waals surface area contributed by atoms with Crippen molar-refractivity contribution in [3.05, 3.63) is 41.3 Å². The summed E-state index contributed by atoms with van der Waals surface area (Å²) in [6, 6.07) is 4.43. The maximum Gasteiger partial charge on any atom is 0.417 e. The van der Waals surface area contributed by atoms with Crippen LogP contribution in [0.25, 0.3) is 0 Å². The molecule has 0 bridgehead atoms. The summed E-state index contributed by atoms with van der Waals surface area (Å²) in [5.74, 6) is 0.406. The number of hydrogen-bond acceptors (Lipinski definition) is 4. The van der Waals surface area contributed by atoms with Crippen molar-refractivity contribution in [1.29, 1.82) is 0 Å². The van der Waals surface area contributed by atoms with Crippen LogP contribution >= 0.6 is 0 Å². The molecule has 0 saturated carbocycles. The number of alkyl halides is 3. The molecular weight excluding hydrogens is 331 g/mol.